The van der Waals surface area contributed by atoms with E-state index in [4.69, 9.17) is 4.42 Å². The first kappa shape index (κ1) is 19.1. The fourth-order valence-corrected chi connectivity index (χ4v) is 4.58. The second-order valence-electron chi connectivity index (χ2n) is 6.37. The predicted octanol–water partition coefficient (Wildman–Crippen LogP) is 0.993. The van der Waals surface area contributed by atoms with Crippen LogP contribution in [0.4, 0.5) is 0 Å². The Morgan fingerprint density at radius 2 is 2.15 bits per heavy atom. The highest BCUT2D eigenvalue weighted by Gasteiger charge is 2.29. The summed E-state index contributed by atoms with van der Waals surface area (Å²) in [5.74, 6) is -0.379. The number of carbonyl (C=O) groups is 2. The summed E-state index contributed by atoms with van der Waals surface area (Å²) in [4.78, 5) is 30.1. The predicted molar refractivity (Wildman–Crippen MR) is 100 cm³/mol. The molecule has 0 aliphatic carbocycles. The fourth-order valence-electron chi connectivity index (χ4n) is 2.91. The van der Waals surface area contributed by atoms with E-state index < -0.39 is 9.84 Å². The minimum atomic E-state index is -3.07. The molecule has 8 nitrogen and oxygen atoms in total. The van der Waals surface area contributed by atoms with Crippen molar-refractivity contribution >= 4 is 38.8 Å². The molecule has 1 atom stereocenters. The van der Waals surface area contributed by atoms with Crippen molar-refractivity contribution in [2.75, 3.05) is 24.6 Å². The van der Waals surface area contributed by atoms with E-state index in [0.717, 1.165) is 0 Å². The van der Waals surface area contributed by atoms with Gasteiger partial charge in [0.25, 0.3) is 0 Å². The standard InChI is InChI=1S/C18H21N3O5S/c1-2-21(11-16(22)19-13-9-10-27(24,25)12-13)18(23)8-7-17-20-14-5-3-4-6-15(14)26-17/h3-8,13H,2,9-12H2,1H3,(H,19,22). The van der Waals surface area contributed by atoms with E-state index in [1.54, 1.807) is 13.0 Å². The summed E-state index contributed by atoms with van der Waals surface area (Å²) < 4.78 is 28.4. The maximum atomic E-state index is 12.3. The molecule has 27 heavy (non-hydrogen) atoms. The first-order chi connectivity index (χ1) is 12.9. The first-order valence-corrected chi connectivity index (χ1v) is 10.5. The minimum absolute atomic E-state index is 0.0452. The molecule has 1 aliphatic heterocycles. The molecule has 1 aliphatic rings. The van der Waals surface area contributed by atoms with Crippen LogP contribution in [0.15, 0.2) is 34.8 Å². The smallest absolute Gasteiger partial charge is 0.247 e. The second-order valence-corrected chi connectivity index (χ2v) is 8.60. The van der Waals surface area contributed by atoms with E-state index in [2.05, 4.69) is 10.3 Å². The Labute approximate surface area is 157 Å². The summed E-state index contributed by atoms with van der Waals surface area (Å²) in [6, 6.07) is 6.89. The van der Waals surface area contributed by atoms with Crippen LogP contribution in [-0.2, 0) is 19.4 Å². The van der Waals surface area contributed by atoms with Gasteiger partial charge in [-0.2, -0.15) is 0 Å². The number of likely N-dealkylation sites (N-methyl/N-ethyl adjacent to an activating group) is 1. The van der Waals surface area contributed by atoms with Crippen LogP contribution in [0.2, 0.25) is 0 Å². The van der Waals surface area contributed by atoms with Gasteiger partial charge in [-0.25, -0.2) is 13.4 Å². The number of para-hydroxylation sites is 2. The number of amides is 2. The molecule has 2 aromatic rings. The van der Waals surface area contributed by atoms with Crippen molar-refractivity contribution in [3.8, 4) is 0 Å². The van der Waals surface area contributed by atoms with Crippen molar-refractivity contribution in [3.05, 3.63) is 36.2 Å². The van der Waals surface area contributed by atoms with Gasteiger partial charge in [0.05, 0.1) is 18.1 Å². The van der Waals surface area contributed by atoms with Crippen molar-refractivity contribution in [3.63, 3.8) is 0 Å². The summed E-state index contributed by atoms with van der Waals surface area (Å²) >= 11 is 0. The minimum Gasteiger partial charge on any atom is -0.437 e. The van der Waals surface area contributed by atoms with Gasteiger partial charge >= 0.3 is 0 Å². The number of rotatable bonds is 6. The van der Waals surface area contributed by atoms with Gasteiger partial charge in [-0.15, -0.1) is 0 Å². The molecular weight excluding hydrogens is 370 g/mol. The average molecular weight is 391 g/mol. The highest BCUT2D eigenvalue weighted by molar-refractivity contribution is 7.91. The third-order valence-corrected chi connectivity index (χ3v) is 6.07. The Morgan fingerprint density at radius 1 is 1.37 bits per heavy atom. The number of benzene rings is 1. The zero-order valence-corrected chi connectivity index (χ0v) is 15.7. The molecule has 1 fully saturated rings. The quantitative estimate of drug-likeness (QED) is 0.736. The number of hydrogen-bond acceptors (Lipinski definition) is 6. The van der Waals surface area contributed by atoms with Crippen molar-refractivity contribution in [1.82, 2.24) is 15.2 Å². The number of nitrogens with one attached hydrogen (secondary N) is 1. The van der Waals surface area contributed by atoms with Crippen LogP contribution < -0.4 is 5.32 Å². The van der Waals surface area contributed by atoms with Gasteiger partial charge in [-0.05, 0) is 25.5 Å². The third-order valence-electron chi connectivity index (χ3n) is 4.30. The molecule has 1 N–H and O–H groups in total. The van der Waals surface area contributed by atoms with Crippen LogP contribution in [0.5, 0.6) is 0 Å². The SMILES string of the molecule is CCN(CC(=O)NC1CCS(=O)(=O)C1)C(=O)C=Cc1nc2ccccc2o1. The summed E-state index contributed by atoms with van der Waals surface area (Å²) in [5, 5.41) is 2.68. The van der Waals surface area contributed by atoms with Crippen molar-refractivity contribution in [2.45, 2.75) is 19.4 Å². The molecule has 0 spiro atoms. The Hall–Kier alpha value is -2.68. The number of carbonyl (C=O) groups excluding carboxylic acids is 2. The normalized spacial score (nSPS) is 18.8. The lowest BCUT2D eigenvalue weighted by atomic mass is 10.2. The molecule has 2 amide bonds. The van der Waals surface area contributed by atoms with Crippen molar-refractivity contribution in [1.29, 1.82) is 0 Å². The first-order valence-electron chi connectivity index (χ1n) is 8.68. The molecule has 1 aromatic heterocycles. The lowest BCUT2D eigenvalue weighted by molar-refractivity contribution is -0.132. The van der Waals surface area contributed by atoms with Gasteiger partial charge in [0.15, 0.2) is 15.4 Å². The van der Waals surface area contributed by atoms with Gasteiger partial charge in [-0.1, -0.05) is 12.1 Å². The van der Waals surface area contributed by atoms with E-state index in [0.29, 0.717) is 30.0 Å². The van der Waals surface area contributed by atoms with Crippen LogP contribution in [0.25, 0.3) is 17.2 Å². The van der Waals surface area contributed by atoms with Gasteiger partial charge in [0.2, 0.25) is 17.7 Å². The van der Waals surface area contributed by atoms with Crippen LogP contribution in [-0.4, -0.2) is 60.8 Å². The molecule has 1 aromatic carbocycles. The maximum Gasteiger partial charge on any atom is 0.247 e. The highest BCUT2D eigenvalue weighted by Crippen LogP contribution is 2.15. The van der Waals surface area contributed by atoms with E-state index in [1.165, 1.54) is 17.1 Å². The molecule has 0 saturated carbocycles. The van der Waals surface area contributed by atoms with Crippen molar-refractivity contribution in [2.24, 2.45) is 0 Å². The Kier molecular flexibility index (Phi) is 5.59. The van der Waals surface area contributed by atoms with Crippen LogP contribution in [0.1, 0.15) is 19.2 Å². The zero-order valence-electron chi connectivity index (χ0n) is 14.9. The molecule has 0 radical (unpaired) electrons. The summed E-state index contributed by atoms with van der Waals surface area (Å²) in [7, 11) is -3.07. The zero-order chi connectivity index (χ0) is 19.4. The maximum absolute atomic E-state index is 12.3. The topological polar surface area (TPSA) is 110 Å². The van der Waals surface area contributed by atoms with E-state index in [-0.39, 0.29) is 35.9 Å². The van der Waals surface area contributed by atoms with Crippen LogP contribution in [0.3, 0.4) is 0 Å². The number of aromatic nitrogens is 1. The van der Waals surface area contributed by atoms with E-state index >= 15 is 0 Å². The Balaban J connectivity index is 1.57. The highest BCUT2D eigenvalue weighted by atomic mass is 32.2. The molecular formula is C18H21N3O5S. The van der Waals surface area contributed by atoms with Crippen molar-refractivity contribution < 1.29 is 22.4 Å². The average Bonchev–Trinajstić information content (AvgIpc) is 3.19. The van der Waals surface area contributed by atoms with Gasteiger partial charge in [0.1, 0.15) is 5.52 Å². The summed E-state index contributed by atoms with van der Waals surface area (Å²) in [5.41, 5.74) is 1.32. The molecule has 144 valence electrons. The van der Waals surface area contributed by atoms with Crippen LogP contribution >= 0.6 is 0 Å². The van der Waals surface area contributed by atoms with Crippen LogP contribution in [0, 0.1) is 0 Å². The fraction of sp³-hybridized carbons (Fsp3) is 0.389. The molecule has 3 rings (SSSR count). The summed E-state index contributed by atoms with van der Waals surface area (Å²) in [6.07, 6.45) is 3.18. The third kappa shape index (κ3) is 4.94. The molecule has 2 heterocycles. The number of fused-ring (bicyclic) bond motifs is 1. The Bertz CT molecular complexity index is 947. The molecule has 9 heteroatoms. The number of oxazole rings is 1. The molecule has 1 unspecified atom stereocenters. The second kappa shape index (κ2) is 7.91. The Morgan fingerprint density at radius 3 is 2.81 bits per heavy atom. The largest absolute Gasteiger partial charge is 0.437 e. The van der Waals surface area contributed by atoms with Gasteiger partial charge < -0.3 is 14.6 Å². The lowest BCUT2D eigenvalue weighted by Gasteiger charge is -2.20. The van der Waals surface area contributed by atoms with E-state index in [1.807, 2.05) is 18.2 Å². The lowest BCUT2D eigenvalue weighted by Crippen LogP contribution is -2.44. The van der Waals surface area contributed by atoms with Gasteiger partial charge in [0, 0.05) is 24.7 Å². The van der Waals surface area contributed by atoms with E-state index in [9.17, 15) is 18.0 Å². The monoisotopic (exact) mass is 391 g/mol. The number of nitrogens with zero attached hydrogens (tertiary/aromatic N) is 2. The molecule has 0 bridgehead atoms. The molecule has 1 saturated heterocycles. The number of hydrogen-bond donors (Lipinski definition) is 1. The number of sulfone groups is 1. The summed E-state index contributed by atoms with van der Waals surface area (Å²) in [6.45, 7) is 1.97. The van der Waals surface area contributed by atoms with Gasteiger partial charge in [-0.3, -0.25) is 9.59 Å².